The fourth-order valence-electron chi connectivity index (χ4n) is 2.58. The SMILES string of the molecule is Cc1ccncc1CNc1cccc(N2CCCC2=O)c1. The van der Waals surface area contributed by atoms with Crippen molar-refractivity contribution in [2.75, 3.05) is 16.8 Å². The third kappa shape index (κ3) is 3.05. The first kappa shape index (κ1) is 13.6. The van der Waals surface area contributed by atoms with Crippen LogP contribution in [0.4, 0.5) is 11.4 Å². The summed E-state index contributed by atoms with van der Waals surface area (Å²) < 4.78 is 0. The Morgan fingerprint density at radius 3 is 3.00 bits per heavy atom. The van der Waals surface area contributed by atoms with Gasteiger partial charge in [-0.15, -0.1) is 0 Å². The third-order valence-electron chi connectivity index (χ3n) is 3.86. The number of amides is 1. The second kappa shape index (κ2) is 5.95. The van der Waals surface area contributed by atoms with E-state index < -0.39 is 0 Å². The van der Waals surface area contributed by atoms with Crippen LogP contribution in [-0.2, 0) is 11.3 Å². The number of hydrogen-bond donors (Lipinski definition) is 1. The van der Waals surface area contributed by atoms with Crippen LogP contribution in [0.2, 0.25) is 0 Å². The number of benzene rings is 1. The molecule has 1 aliphatic rings. The van der Waals surface area contributed by atoms with Crippen LogP contribution >= 0.6 is 0 Å². The fraction of sp³-hybridized carbons (Fsp3) is 0.294. The topological polar surface area (TPSA) is 45.2 Å². The van der Waals surface area contributed by atoms with E-state index in [1.54, 1.807) is 6.20 Å². The number of rotatable bonds is 4. The lowest BCUT2D eigenvalue weighted by Crippen LogP contribution is -2.23. The number of nitrogens with zero attached hydrogens (tertiary/aromatic N) is 2. The van der Waals surface area contributed by atoms with Gasteiger partial charge in [0.1, 0.15) is 0 Å². The van der Waals surface area contributed by atoms with E-state index in [2.05, 4.69) is 17.2 Å². The summed E-state index contributed by atoms with van der Waals surface area (Å²) in [6.45, 7) is 3.64. The monoisotopic (exact) mass is 281 g/mol. The van der Waals surface area contributed by atoms with Crippen LogP contribution in [0.25, 0.3) is 0 Å². The minimum atomic E-state index is 0.218. The van der Waals surface area contributed by atoms with Crippen LogP contribution in [0.5, 0.6) is 0 Å². The molecule has 1 fully saturated rings. The molecule has 0 aliphatic carbocycles. The smallest absolute Gasteiger partial charge is 0.227 e. The van der Waals surface area contributed by atoms with Crippen molar-refractivity contribution in [3.8, 4) is 0 Å². The molecule has 21 heavy (non-hydrogen) atoms. The first-order chi connectivity index (χ1) is 10.2. The van der Waals surface area contributed by atoms with E-state index in [4.69, 9.17) is 0 Å². The molecule has 0 spiro atoms. The summed E-state index contributed by atoms with van der Waals surface area (Å²) in [4.78, 5) is 17.8. The minimum absolute atomic E-state index is 0.218. The molecule has 108 valence electrons. The van der Waals surface area contributed by atoms with Crippen LogP contribution in [-0.4, -0.2) is 17.4 Å². The highest BCUT2D eigenvalue weighted by molar-refractivity contribution is 5.95. The zero-order valence-electron chi connectivity index (χ0n) is 12.2. The predicted molar refractivity (Wildman–Crippen MR) is 84.3 cm³/mol. The molecule has 1 saturated heterocycles. The van der Waals surface area contributed by atoms with Crippen molar-refractivity contribution < 1.29 is 4.79 Å². The molecule has 2 aromatic rings. The number of hydrogen-bond acceptors (Lipinski definition) is 3. The van der Waals surface area contributed by atoms with E-state index in [0.717, 1.165) is 30.9 Å². The summed E-state index contributed by atoms with van der Waals surface area (Å²) in [5, 5.41) is 3.40. The molecule has 1 N–H and O–H groups in total. The molecule has 0 atom stereocenters. The number of carbonyl (C=O) groups is 1. The Hall–Kier alpha value is -2.36. The van der Waals surface area contributed by atoms with Gasteiger partial charge in [0.25, 0.3) is 0 Å². The summed E-state index contributed by atoms with van der Waals surface area (Å²) in [6.07, 6.45) is 5.30. The third-order valence-corrected chi connectivity index (χ3v) is 3.86. The van der Waals surface area contributed by atoms with Crippen molar-refractivity contribution in [2.24, 2.45) is 0 Å². The molecular formula is C17H19N3O. The second-order valence-corrected chi connectivity index (χ2v) is 5.35. The average molecular weight is 281 g/mol. The summed E-state index contributed by atoms with van der Waals surface area (Å²) in [6, 6.07) is 10.0. The van der Waals surface area contributed by atoms with Gasteiger partial charge < -0.3 is 10.2 Å². The maximum atomic E-state index is 11.8. The molecule has 0 radical (unpaired) electrons. The maximum Gasteiger partial charge on any atom is 0.227 e. The van der Waals surface area contributed by atoms with Crippen LogP contribution in [0, 0.1) is 6.92 Å². The highest BCUT2D eigenvalue weighted by Gasteiger charge is 2.21. The molecule has 4 nitrogen and oxygen atoms in total. The Bertz CT molecular complexity index is 654. The van der Waals surface area contributed by atoms with Gasteiger partial charge >= 0.3 is 0 Å². The first-order valence-corrected chi connectivity index (χ1v) is 7.28. The Kier molecular flexibility index (Phi) is 3.86. The lowest BCUT2D eigenvalue weighted by molar-refractivity contribution is -0.117. The Morgan fingerprint density at radius 2 is 2.24 bits per heavy atom. The molecule has 0 bridgehead atoms. The Balaban J connectivity index is 1.72. The van der Waals surface area contributed by atoms with Gasteiger partial charge in [-0.3, -0.25) is 9.78 Å². The standard InChI is InChI=1S/C17H19N3O/c1-13-7-8-18-11-14(13)12-19-15-4-2-5-16(10-15)20-9-3-6-17(20)21/h2,4-5,7-8,10-11,19H,3,6,9,12H2,1H3. The van der Waals surface area contributed by atoms with Gasteiger partial charge in [0.2, 0.25) is 5.91 Å². The summed E-state index contributed by atoms with van der Waals surface area (Å²) in [5.41, 5.74) is 4.41. The zero-order valence-corrected chi connectivity index (χ0v) is 12.2. The van der Waals surface area contributed by atoms with Gasteiger partial charge in [-0.2, -0.15) is 0 Å². The van der Waals surface area contributed by atoms with Gasteiger partial charge in [-0.1, -0.05) is 6.07 Å². The number of carbonyl (C=O) groups excluding carboxylic acids is 1. The number of aryl methyl sites for hydroxylation is 1. The number of nitrogens with one attached hydrogen (secondary N) is 1. The maximum absolute atomic E-state index is 11.8. The van der Waals surface area contributed by atoms with E-state index in [1.165, 1.54) is 11.1 Å². The van der Waals surface area contributed by atoms with E-state index >= 15 is 0 Å². The Morgan fingerprint density at radius 1 is 1.33 bits per heavy atom. The molecule has 1 aliphatic heterocycles. The molecule has 1 amide bonds. The van der Waals surface area contributed by atoms with Gasteiger partial charge in [0, 0.05) is 43.3 Å². The van der Waals surface area contributed by atoms with Gasteiger partial charge in [-0.05, 0) is 48.7 Å². The summed E-state index contributed by atoms with van der Waals surface area (Å²) in [7, 11) is 0. The van der Waals surface area contributed by atoms with Crippen LogP contribution in [0.1, 0.15) is 24.0 Å². The number of anilines is 2. The molecule has 4 heteroatoms. The van der Waals surface area contributed by atoms with Crippen LogP contribution in [0.15, 0.2) is 42.7 Å². The highest BCUT2D eigenvalue weighted by Crippen LogP contribution is 2.24. The summed E-state index contributed by atoms with van der Waals surface area (Å²) in [5.74, 6) is 0.218. The van der Waals surface area contributed by atoms with E-state index in [0.29, 0.717) is 6.42 Å². The fourth-order valence-corrected chi connectivity index (χ4v) is 2.58. The van der Waals surface area contributed by atoms with Gasteiger partial charge in [0.15, 0.2) is 0 Å². The van der Waals surface area contributed by atoms with Gasteiger partial charge in [-0.25, -0.2) is 0 Å². The predicted octanol–water partition coefficient (Wildman–Crippen LogP) is 3.13. The zero-order chi connectivity index (χ0) is 14.7. The molecule has 0 unspecified atom stereocenters. The van der Waals surface area contributed by atoms with Crippen molar-refractivity contribution >= 4 is 17.3 Å². The van der Waals surface area contributed by atoms with Gasteiger partial charge in [0.05, 0.1) is 0 Å². The minimum Gasteiger partial charge on any atom is -0.381 e. The normalized spacial score (nSPS) is 14.5. The van der Waals surface area contributed by atoms with E-state index in [9.17, 15) is 4.79 Å². The first-order valence-electron chi connectivity index (χ1n) is 7.28. The molecule has 2 heterocycles. The highest BCUT2D eigenvalue weighted by atomic mass is 16.2. The van der Waals surface area contributed by atoms with E-state index in [-0.39, 0.29) is 5.91 Å². The van der Waals surface area contributed by atoms with Crippen molar-refractivity contribution in [3.05, 3.63) is 53.9 Å². The quantitative estimate of drug-likeness (QED) is 0.936. The molecule has 1 aromatic heterocycles. The largest absolute Gasteiger partial charge is 0.381 e. The number of pyridine rings is 1. The van der Waals surface area contributed by atoms with Crippen LogP contribution in [0.3, 0.4) is 0 Å². The molecule has 1 aromatic carbocycles. The second-order valence-electron chi connectivity index (χ2n) is 5.35. The van der Waals surface area contributed by atoms with Crippen LogP contribution < -0.4 is 10.2 Å². The van der Waals surface area contributed by atoms with E-state index in [1.807, 2.05) is 41.4 Å². The average Bonchev–Trinajstić information content (AvgIpc) is 2.93. The Labute approximate surface area is 124 Å². The molecular weight excluding hydrogens is 262 g/mol. The lowest BCUT2D eigenvalue weighted by atomic mass is 10.1. The van der Waals surface area contributed by atoms with Crippen molar-refractivity contribution in [1.29, 1.82) is 0 Å². The van der Waals surface area contributed by atoms with Crippen molar-refractivity contribution in [3.63, 3.8) is 0 Å². The number of aromatic nitrogens is 1. The molecule has 0 saturated carbocycles. The van der Waals surface area contributed by atoms with Crippen molar-refractivity contribution in [1.82, 2.24) is 4.98 Å². The summed E-state index contributed by atoms with van der Waals surface area (Å²) >= 11 is 0. The lowest BCUT2D eigenvalue weighted by Gasteiger charge is -2.17. The van der Waals surface area contributed by atoms with Crippen molar-refractivity contribution in [2.45, 2.75) is 26.3 Å². The molecule has 3 rings (SSSR count).